The van der Waals surface area contributed by atoms with E-state index in [0.29, 0.717) is 43.1 Å². The number of anilines is 1. The quantitative estimate of drug-likeness (QED) is 0.244. The van der Waals surface area contributed by atoms with Gasteiger partial charge in [-0.05, 0) is 66.8 Å². The number of benzene rings is 3. The average molecular weight is 543 g/mol. The van der Waals surface area contributed by atoms with Crippen LogP contribution in [0.2, 0.25) is 15.1 Å². The number of hydrogen-bond donors (Lipinski definition) is 2. The Kier molecular flexibility index (Phi) is 6.44. The van der Waals surface area contributed by atoms with Gasteiger partial charge in [-0.2, -0.15) is 4.80 Å². The van der Waals surface area contributed by atoms with Gasteiger partial charge in [0.25, 0.3) is 5.91 Å². The Morgan fingerprint density at radius 2 is 1.63 bits per heavy atom. The number of para-hydroxylation sites is 1. The van der Waals surface area contributed by atoms with Crippen LogP contribution in [0, 0.1) is 0 Å². The van der Waals surface area contributed by atoms with E-state index in [1.807, 2.05) is 30.3 Å². The molecule has 0 radical (unpaired) electrons. The third kappa shape index (κ3) is 5.01. The van der Waals surface area contributed by atoms with Crippen molar-refractivity contribution in [3.63, 3.8) is 0 Å². The van der Waals surface area contributed by atoms with Crippen LogP contribution in [0.15, 0.2) is 77.2 Å². The van der Waals surface area contributed by atoms with Gasteiger partial charge in [-0.1, -0.05) is 53.0 Å². The molecule has 0 spiro atoms. The zero-order chi connectivity index (χ0) is 24.5. The molecule has 2 heterocycles. The summed E-state index contributed by atoms with van der Waals surface area (Å²) in [4.78, 5) is 14.2. The fourth-order valence-corrected chi connectivity index (χ4v) is 4.11. The Labute approximate surface area is 219 Å². The molecule has 35 heavy (non-hydrogen) atoms. The molecule has 0 atom stereocenters. The maximum atomic E-state index is 12.6. The summed E-state index contributed by atoms with van der Waals surface area (Å²) >= 11 is 23.9. The minimum atomic E-state index is -0.542. The second-order valence-corrected chi connectivity index (χ2v) is 9.00. The molecule has 7 nitrogen and oxygen atoms in total. The molecule has 0 unspecified atom stereocenters. The van der Waals surface area contributed by atoms with E-state index in [-0.39, 0.29) is 10.9 Å². The van der Waals surface area contributed by atoms with Crippen LogP contribution in [0.25, 0.3) is 28.0 Å². The van der Waals surface area contributed by atoms with Gasteiger partial charge >= 0.3 is 0 Å². The van der Waals surface area contributed by atoms with Crippen molar-refractivity contribution in [2.45, 2.75) is 0 Å². The molecule has 174 valence electrons. The molecule has 0 saturated carbocycles. The van der Waals surface area contributed by atoms with E-state index in [2.05, 4.69) is 20.8 Å². The Bertz CT molecular complexity index is 1580. The number of furan rings is 1. The highest BCUT2D eigenvalue weighted by Gasteiger charge is 2.17. The van der Waals surface area contributed by atoms with Crippen molar-refractivity contribution < 1.29 is 9.21 Å². The lowest BCUT2D eigenvalue weighted by atomic mass is 10.2. The number of carbonyl (C=O) groups excluding carboxylic acids is 1. The molecule has 0 saturated heterocycles. The van der Waals surface area contributed by atoms with Crippen LogP contribution in [-0.2, 0) is 0 Å². The normalized spacial score (nSPS) is 10.9. The predicted octanol–water partition coefficient (Wildman–Crippen LogP) is 6.77. The van der Waals surface area contributed by atoms with Crippen LogP contribution in [0.4, 0.5) is 5.69 Å². The molecule has 2 N–H and O–H groups in total. The highest BCUT2D eigenvalue weighted by Crippen LogP contribution is 2.32. The standard InChI is InChI=1S/C24H14Cl3N5O2S/c25-13-6-7-16(26)15(10-13)21-8-9-22(34-21)23(33)29-24(35)28-18-12-20-19(11-17(18)27)30-32(31-20)14-4-2-1-3-5-14/h1-12H,(H2,28,29,33,35). The van der Waals surface area contributed by atoms with Gasteiger partial charge in [0.2, 0.25) is 0 Å². The Hall–Kier alpha value is -3.43. The fourth-order valence-electron chi connectivity index (χ4n) is 3.32. The molecule has 0 fully saturated rings. The maximum absolute atomic E-state index is 12.6. The summed E-state index contributed by atoms with van der Waals surface area (Å²) < 4.78 is 5.65. The number of carbonyl (C=O) groups is 1. The smallest absolute Gasteiger partial charge is 0.293 e. The van der Waals surface area contributed by atoms with E-state index < -0.39 is 5.91 Å². The first-order chi connectivity index (χ1) is 16.9. The van der Waals surface area contributed by atoms with Gasteiger partial charge < -0.3 is 9.73 Å². The number of hydrogen-bond acceptors (Lipinski definition) is 5. The first kappa shape index (κ1) is 23.3. The molecule has 0 aliphatic heterocycles. The van der Waals surface area contributed by atoms with Gasteiger partial charge in [0.15, 0.2) is 10.9 Å². The SMILES string of the molecule is O=C(NC(=S)Nc1cc2nn(-c3ccccc3)nc2cc1Cl)c1ccc(-c2cc(Cl)ccc2Cl)o1. The van der Waals surface area contributed by atoms with Crippen molar-refractivity contribution in [2.24, 2.45) is 0 Å². The van der Waals surface area contributed by atoms with Gasteiger partial charge in [0.1, 0.15) is 16.8 Å². The molecule has 5 rings (SSSR count). The predicted molar refractivity (Wildman–Crippen MR) is 142 cm³/mol. The molecule has 11 heteroatoms. The third-order valence-corrected chi connectivity index (χ3v) is 6.04. The average Bonchev–Trinajstić information content (AvgIpc) is 3.49. The van der Waals surface area contributed by atoms with E-state index in [1.165, 1.54) is 10.9 Å². The van der Waals surface area contributed by atoms with Gasteiger partial charge in [-0.3, -0.25) is 10.1 Å². The third-order valence-electron chi connectivity index (χ3n) is 4.96. The lowest BCUT2D eigenvalue weighted by Gasteiger charge is -2.10. The number of halogens is 3. The van der Waals surface area contributed by atoms with Gasteiger partial charge in [0, 0.05) is 10.6 Å². The van der Waals surface area contributed by atoms with E-state index in [9.17, 15) is 4.79 Å². The first-order valence-electron chi connectivity index (χ1n) is 10.2. The summed E-state index contributed by atoms with van der Waals surface area (Å²) in [6, 6.07) is 21.0. The molecule has 3 aromatic carbocycles. The van der Waals surface area contributed by atoms with Crippen LogP contribution in [0.3, 0.4) is 0 Å². The lowest BCUT2D eigenvalue weighted by Crippen LogP contribution is -2.33. The summed E-state index contributed by atoms with van der Waals surface area (Å²) in [6.07, 6.45) is 0. The number of amides is 1. The molecule has 0 aliphatic carbocycles. The van der Waals surface area contributed by atoms with E-state index >= 15 is 0 Å². The Balaban J connectivity index is 1.30. The summed E-state index contributed by atoms with van der Waals surface area (Å²) in [6.45, 7) is 0. The highest BCUT2D eigenvalue weighted by molar-refractivity contribution is 7.80. The topological polar surface area (TPSA) is 85.0 Å². The number of rotatable bonds is 4. The van der Waals surface area contributed by atoms with Crippen LogP contribution < -0.4 is 10.6 Å². The summed E-state index contributed by atoms with van der Waals surface area (Å²) in [5.74, 6) is -0.0943. The van der Waals surface area contributed by atoms with Crippen molar-refractivity contribution in [1.29, 1.82) is 0 Å². The minimum absolute atomic E-state index is 0.0328. The number of nitrogens with one attached hydrogen (secondary N) is 2. The molecule has 0 bridgehead atoms. The Morgan fingerprint density at radius 3 is 2.40 bits per heavy atom. The number of thiocarbonyl (C=S) groups is 1. The van der Waals surface area contributed by atoms with Crippen LogP contribution in [0.5, 0.6) is 0 Å². The van der Waals surface area contributed by atoms with Crippen molar-refractivity contribution >= 4 is 74.8 Å². The molecular weight excluding hydrogens is 529 g/mol. The largest absolute Gasteiger partial charge is 0.451 e. The van der Waals surface area contributed by atoms with Crippen molar-refractivity contribution in [1.82, 2.24) is 20.3 Å². The Morgan fingerprint density at radius 1 is 0.886 bits per heavy atom. The van der Waals surface area contributed by atoms with Crippen LogP contribution >= 0.6 is 47.0 Å². The summed E-state index contributed by atoms with van der Waals surface area (Å²) in [5.41, 5.74) is 3.07. The maximum Gasteiger partial charge on any atom is 0.293 e. The molecule has 1 amide bonds. The zero-order valence-electron chi connectivity index (χ0n) is 17.6. The van der Waals surface area contributed by atoms with Crippen molar-refractivity contribution in [2.75, 3.05) is 5.32 Å². The highest BCUT2D eigenvalue weighted by atomic mass is 35.5. The second-order valence-electron chi connectivity index (χ2n) is 7.34. The van der Waals surface area contributed by atoms with Crippen molar-refractivity contribution in [3.05, 3.63) is 93.6 Å². The number of aromatic nitrogens is 3. The van der Waals surface area contributed by atoms with Gasteiger partial charge in [0.05, 0.1) is 21.4 Å². The van der Waals surface area contributed by atoms with E-state index in [0.717, 1.165) is 5.69 Å². The van der Waals surface area contributed by atoms with Crippen LogP contribution in [0.1, 0.15) is 10.6 Å². The van der Waals surface area contributed by atoms with Crippen molar-refractivity contribution in [3.8, 4) is 17.0 Å². The molecular formula is C24H14Cl3N5O2S. The summed E-state index contributed by atoms with van der Waals surface area (Å²) in [7, 11) is 0. The van der Waals surface area contributed by atoms with Gasteiger partial charge in [-0.15, -0.1) is 10.2 Å². The van der Waals surface area contributed by atoms with E-state index in [4.69, 9.17) is 51.4 Å². The molecule has 5 aromatic rings. The first-order valence-corrected chi connectivity index (χ1v) is 11.7. The fraction of sp³-hybridized carbons (Fsp3) is 0. The minimum Gasteiger partial charge on any atom is -0.451 e. The second kappa shape index (κ2) is 9.67. The van der Waals surface area contributed by atoms with E-state index in [1.54, 1.807) is 36.4 Å². The van der Waals surface area contributed by atoms with Crippen LogP contribution in [-0.4, -0.2) is 26.0 Å². The lowest BCUT2D eigenvalue weighted by molar-refractivity contribution is 0.0951. The van der Waals surface area contributed by atoms with Gasteiger partial charge in [-0.25, -0.2) is 0 Å². The molecule has 2 aromatic heterocycles. The number of fused-ring (bicyclic) bond motifs is 1. The molecule has 0 aliphatic rings. The number of nitrogens with zero attached hydrogens (tertiary/aromatic N) is 3. The zero-order valence-corrected chi connectivity index (χ0v) is 20.7. The summed E-state index contributed by atoms with van der Waals surface area (Å²) in [5, 5.41) is 15.8. The monoisotopic (exact) mass is 541 g/mol.